The Morgan fingerprint density at radius 2 is 1.95 bits per heavy atom. The number of hydrogen-bond acceptors (Lipinski definition) is 2. The SMILES string of the molecule is NCC1(Cc2ccc(Cl)cc2Cl)COc2ccccc2C1. The van der Waals surface area contributed by atoms with Gasteiger partial charge in [0, 0.05) is 22.0 Å². The van der Waals surface area contributed by atoms with Crippen LogP contribution in [-0.2, 0) is 12.8 Å². The van der Waals surface area contributed by atoms with Gasteiger partial charge in [-0.25, -0.2) is 0 Å². The quantitative estimate of drug-likeness (QED) is 0.923. The molecule has 0 aliphatic carbocycles. The summed E-state index contributed by atoms with van der Waals surface area (Å²) < 4.78 is 5.92. The van der Waals surface area contributed by atoms with Crippen LogP contribution in [0.15, 0.2) is 42.5 Å². The second-order valence-corrected chi connectivity index (χ2v) is 6.53. The van der Waals surface area contributed by atoms with Gasteiger partial charge >= 0.3 is 0 Å². The van der Waals surface area contributed by atoms with Crippen LogP contribution in [0.3, 0.4) is 0 Å². The zero-order valence-corrected chi connectivity index (χ0v) is 13.1. The number of para-hydroxylation sites is 1. The highest BCUT2D eigenvalue weighted by molar-refractivity contribution is 6.35. The van der Waals surface area contributed by atoms with Crippen molar-refractivity contribution in [1.29, 1.82) is 0 Å². The Kier molecular flexibility index (Phi) is 4.12. The van der Waals surface area contributed by atoms with Crippen molar-refractivity contribution in [3.05, 3.63) is 63.6 Å². The molecule has 2 aromatic carbocycles. The molecule has 1 unspecified atom stereocenters. The second-order valence-electron chi connectivity index (χ2n) is 5.69. The van der Waals surface area contributed by atoms with Crippen LogP contribution >= 0.6 is 23.2 Å². The van der Waals surface area contributed by atoms with Crippen molar-refractivity contribution in [2.75, 3.05) is 13.2 Å². The fraction of sp³-hybridized carbons (Fsp3) is 0.294. The Morgan fingerprint density at radius 1 is 1.14 bits per heavy atom. The standard InChI is InChI=1S/C17H17Cl2NO/c18-14-6-5-12(15(19)7-14)8-17(10-20)9-13-3-1-2-4-16(13)21-11-17/h1-7H,8-11,20H2. The van der Waals surface area contributed by atoms with Gasteiger partial charge in [0.05, 0.1) is 6.61 Å². The fourth-order valence-corrected chi connectivity index (χ4v) is 3.34. The Bertz CT molecular complexity index is 659. The summed E-state index contributed by atoms with van der Waals surface area (Å²) in [6.07, 6.45) is 1.69. The Hall–Kier alpha value is -1.22. The molecule has 0 bridgehead atoms. The molecule has 0 amide bonds. The minimum absolute atomic E-state index is 0.119. The Balaban J connectivity index is 1.88. The van der Waals surface area contributed by atoms with Crippen LogP contribution in [0.1, 0.15) is 11.1 Å². The first-order valence-corrected chi connectivity index (χ1v) is 7.72. The number of halogens is 2. The minimum Gasteiger partial charge on any atom is -0.493 e. The van der Waals surface area contributed by atoms with Gasteiger partial charge < -0.3 is 10.5 Å². The summed E-state index contributed by atoms with van der Waals surface area (Å²) in [6, 6.07) is 13.7. The summed E-state index contributed by atoms with van der Waals surface area (Å²) in [5, 5.41) is 1.34. The lowest BCUT2D eigenvalue weighted by Crippen LogP contribution is -2.43. The third kappa shape index (κ3) is 3.03. The van der Waals surface area contributed by atoms with Gasteiger partial charge in [0.1, 0.15) is 5.75 Å². The average molecular weight is 322 g/mol. The minimum atomic E-state index is -0.119. The maximum absolute atomic E-state index is 6.30. The molecule has 2 N–H and O–H groups in total. The first kappa shape index (κ1) is 14.7. The number of fused-ring (bicyclic) bond motifs is 1. The molecule has 1 aliphatic heterocycles. The predicted molar refractivity (Wildman–Crippen MR) is 87.3 cm³/mol. The van der Waals surface area contributed by atoms with E-state index >= 15 is 0 Å². The van der Waals surface area contributed by atoms with E-state index in [1.807, 2.05) is 30.3 Å². The van der Waals surface area contributed by atoms with Crippen molar-refractivity contribution in [1.82, 2.24) is 0 Å². The third-order valence-corrected chi connectivity index (χ3v) is 4.67. The first-order chi connectivity index (χ1) is 10.1. The lowest BCUT2D eigenvalue weighted by molar-refractivity contribution is 0.126. The van der Waals surface area contributed by atoms with E-state index in [2.05, 4.69) is 6.07 Å². The summed E-state index contributed by atoms with van der Waals surface area (Å²) in [5.41, 5.74) is 8.23. The second kappa shape index (κ2) is 5.88. The number of benzene rings is 2. The summed E-state index contributed by atoms with van der Waals surface area (Å²) in [5.74, 6) is 0.962. The van der Waals surface area contributed by atoms with Crippen molar-refractivity contribution in [3.8, 4) is 5.75 Å². The highest BCUT2D eigenvalue weighted by Crippen LogP contribution is 2.37. The molecule has 3 rings (SSSR count). The number of nitrogens with two attached hydrogens (primary N) is 1. The van der Waals surface area contributed by atoms with E-state index in [-0.39, 0.29) is 5.41 Å². The Labute approximate surface area is 134 Å². The molecule has 21 heavy (non-hydrogen) atoms. The normalized spacial score (nSPS) is 20.7. The van der Waals surface area contributed by atoms with E-state index in [9.17, 15) is 0 Å². The molecule has 4 heteroatoms. The van der Waals surface area contributed by atoms with Crippen LogP contribution in [0.25, 0.3) is 0 Å². The van der Waals surface area contributed by atoms with Crippen LogP contribution in [-0.4, -0.2) is 13.2 Å². The van der Waals surface area contributed by atoms with Crippen molar-refractivity contribution in [2.45, 2.75) is 12.8 Å². The van der Waals surface area contributed by atoms with Gasteiger partial charge in [-0.1, -0.05) is 47.5 Å². The van der Waals surface area contributed by atoms with Gasteiger partial charge in [-0.15, -0.1) is 0 Å². The molecule has 0 saturated carbocycles. The van der Waals surface area contributed by atoms with Crippen molar-refractivity contribution < 1.29 is 4.74 Å². The smallest absolute Gasteiger partial charge is 0.122 e. The zero-order valence-electron chi connectivity index (χ0n) is 11.6. The predicted octanol–water partition coefficient (Wildman–Crippen LogP) is 4.12. The summed E-state index contributed by atoms with van der Waals surface area (Å²) in [4.78, 5) is 0. The maximum Gasteiger partial charge on any atom is 0.122 e. The molecule has 1 atom stereocenters. The molecule has 0 spiro atoms. The molecule has 1 heterocycles. The van der Waals surface area contributed by atoms with E-state index in [1.54, 1.807) is 6.07 Å². The van der Waals surface area contributed by atoms with Gasteiger partial charge in [0.2, 0.25) is 0 Å². The van der Waals surface area contributed by atoms with E-state index < -0.39 is 0 Å². The van der Waals surface area contributed by atoms with Crippen LogP contribution in [0.4, 0.5) is 0 Å². The monoisotopic (exact) mass is 321 g/mol. The topological polar surface area (TPSA) is 35.2 Å². The van der Waals surface area contributed by atoms with Crippen molar-refractivity contribution in [3.63, 3.8) is 0 Å². The van der Waals surface area contributed by atoms with E-state index in [0.717, 1.165) is 24.2 Å². The van der Waals surface area contributed by atoms with E-state index in [1.165, 1.54) is 5.56 Å². The molecule has 2 aromatic rings. The van der Waals surface area contributed by atoms with Crippen LogP contribution in [0, 0.1) is 5.41 Å². The lowest BCUT2D eigenvalue weighted by Gasteiger charge is -2.37. The molecule has 0 radical (unpaired) electrons. The molecule has 0 fully saturated rings. The molecule has 110 valence electrons. The van der Waals surface area contributed by atoms with E-state index in [4.69, 9.17) is 33.7 Å². The number of hydrogen-bond donors (Lipinski definition) is 1. The van der Waals surface area contributed by atoms with Crippen molar-refractivity contribution in [2.24, 2.45) is 11.1 Å². The highest BCUT2D eigenvalue weighted by atomic mass is 35.5. The summed E-state index contributed by atoms with van der Waals surface area (Å²) >= 11 is 12.3. The van der Waals surface area contributed by atoms with Crippen molar-refractivity contribution >= 4 is 23.2 Å². The van der Waals surface area contributed by atoms with Gasteiger partial charge in [0.15, 0.2) is 0 Å². The zero-order chi connectivity index (χ0) is 14.9. The number of rotatable bonds is 3. The summed E-state index contributed by atoms with van der Waals surface area (Å²) in [7, 11) is 0. The Morgan fingerprint density at radius 3 is 2.71 bits per heavy atom. The molecule has 1 aliphatic rings. The molecule has 0 aromatic heterocycles. The average Bonchev–Trinajstić information content (AvgIpc) is 2.50. The lowest BCUT2D eigenvalue weighted by atomic mass is 9.75. The van der Waals surface area contributed by atoms with Crippen LogP contribution in [0.5, 0.6) is 5.75 Å². The molecular formula is C17H17Cl2NO. The number of ether oxygens (including phenoxy) is 1. The van der Waals surface area contributed by atoms with Gasteiger partial charge in [0.25, 0.3) is 0 Å². The van der Waals surface area contributed by atoms with E-state index in [0.29, 0.717) is 23.2 Å². The van der Waals surface area contributed by atoms with Gasteiger partial charge in [-0.3, -0.25) is 0 Å². The highest BCUT2D eigenvalue weighted by Gasteiger charge is 2.35. The van der Waals surface area contributed by atoms with Crippen LogP contribution in [0.2, 0.25) is 10.0 Å². The van der Waals surface area contributed by atoms with Gasteiger partial charge in [-0.2, -0.15) is 0 Å². The largest absolute Gasteiger partial charge is 0.493 e. The summed E-state index contributed by atoms with van der Waals surface area (Å²) in [6.45, 7) is 1.17. The van der Waals surface area contributed by atoms with Crippen LogP contribution < -0.4 is 10.5 Å². The molecule has 0 saturated heterocycles. The first-order valence-electron chi connectivity index (χ1n) is 6.97. The van der Waals surface area contributed by atoms with Gasteiger partial charge in [-0.05, 0) is 42.2 Å². The molecular weight excluding hydrogens is 305 g/mol. The maximum atomic E-state index is 6.30. The fourth-order valence-electron chi connectivity index (χ4n) is 2.86. The third-order valence-electron chi connectivity index (χ3n) is 4.09. The molecule has 2 nitrogen and oxygen atoms in total.